The molecule has 2 aromatic rings. The second-order valence-corrected chi connectivity index (χ2v) is 6.87. The third kappa shape index (κ3) is 4.37. The van der Waals surface area contributed by atoms with Gasteiger partial charge in [-0.1, -0.05) is 23.7 Å². The summed E-state index contributed by atoms with van der Waals surface area (Å²) in [6, 6.07) is 5.37. The molecule has 0 amide bonds. The van der Waals surface area contributed by atoms with Crippen LogP contribution in [-0.2, 0) is 22.4 Å². The molecule has 0 aromatic heterocycles. The number of benzene rings is 2. The van der Waals surface area contributed by atoms with Crippen LogP contribution in [0.3, 0.4) is 0 Å². The van der Waals surface area contributed by atoms with E-state index >= 15 is 0 Å². The fourth-order valence-electron chi connectivity index (χ4n) is 1.98. The zero-order valence-electron chi connectivity index (χ0n) is 11.9. The number of halogens is 7. The molecule has 0 fully saturated rings. The average molecular weight is 404 g/mol. The van der Waals surface area contributed by atoms with Crippen LogP contribution in [0, 0.1) is 0 Å². The molecule has 0 spiro atoms. The van der Waals surface area contributed by atoms with Gasteiger partial charge in [-0.25, -0.2) is 8.42 Å². The second-order valence-electron chi connectivity index (χ2n) is 4.79. The summed E-state index contributed by atoms with van der Waals surface area (Å²) >= 11 is 5.45. The van der Waals surface area contributed by atoms with Crippen LogP contribution < -0.4 is 4.72 Å². The Labute approximate surface area is 143 Å². The quantitative estimate of drug-likeness (QED) is 0.718. The van der Waals surface area contributed by atoms with Crippen molar-refractivity contribution in [3.63, 3.8) is 0 Å². The number of hydrogen-bond acceptors (Lipinski definition) is 2. The Balaban J connectivity index is 2.57. The van der Waals surface area contributed by atoms with Gasteiger partial charge in [-0.3, -0.25) is 4.72 Å². The molecule has 0 aliphatic heterocycles. The minimum atomic E-state index is -5.07. The minimum Gasteiger partial charge on any atom is -0.279 e. The molecule has 0 unspecified atom stereocenters. The number of anilines is 1. The number of hydrogen-bond donors (Lipinski definition) is 1. The van der Waals surface area contributed by atoms with Crippen molar-refractivity contribution in [2.45, 2.75) is 17.2 Å². The van der Waals surface area contributed by atoms with E-state index in [0.717, 1.165) is 24.3 Å². The third-order valence-corrected chi connectivity index (χ3v) is 4.67. The highest BCUT2D eigenvalue weighted by atomic mass is 35.5. The van der Waals surface area contributed by atoms with E-state index in [4.69, 9.17) is 11.6 Å². The van der Waals surface area contributed by atoms with E-state index in [1.807, 2.05) is 0 Å². The normalized spacial score (nSPS) is 12.9. The molecule has 0 aliphatic carbocycles. The highest BCUT2D eigenvalue weighted by Crippen LogP contribution is 2.38. The first-order valence-corrected chi connectivity index (χ1v) is 8.24. The molecule has 2 rings (SSSR count). The van der Waals surface area contributed by atoms with Crippen LogP contribution in [-0.4, -0.2) is 8.42 Å². The fourth-order valence-corrected chi connectivity index (χ4v) is 3.44. The van der Waals surface area contributed by atoms with Crippen LogP contribution in [0.4, 0.5) is 32.0 Å². The monoisotopic (exact) mass is 403 g/mol. The van der Waals surface area contributed by atoms with Gasteiger partial charge < -0.3 is 0 Å². The lowest BCUT2D eigenvalue weighted by Crippen LogP contribution is -2.21. The average Bonchev–Trinajstić information content (AvgIpc) is 2.45. The molecule has 3 nitrogen and oxygen atoms in total. The van der Waals surface area contributed by atoms with Gasteiger partial charge >= 0.3 is 12.4 Å². The second kappa shape index (κ2) is 6.41. The van der Waals surface area contributed by atoms with E-state index in [2.05, 4.69) is 0 Å². The molecule has 136 valence electrons. The predicted octanol–water partition coefficient (Wildman–Crippen LogP) is 5.18. The number of para-hydroxylation sites is 1. The van der Waals surface area contributed by atoms with Crippen LogP contribution in [0.25, 0.3) is 0 Å². The molecule has 1 N–H and O–H groups in total. The molecule has 0 heterocycles. The summed E-state index contributed by atoms with van der Waals surface area (Å²) in [7, 11) is -4.96. The van der Waals surface area contributed by atoms with Gasteiger partial charge in [0.15, 0.2) is 0 Å². The van der Waals surface area contributed by atoms with Crippen LogP contribution >= 0.6 is 11.6 Å². The molecule has 25 heavy (non-hydrogen) atoms. The lowest BCUT2D eigenvalue weighted by molar-refractivity contribution is -0.140. The van der Waals surface area contributed by atoms with E-state index in [0.29, 0.717) is 18.2 Å². The van der Waals surface area contributed by atoms with E-state index in [1.54, 1.807) is 4.72 Å². The maximum atomic E-state index is 13.0. The molecule has 11 heteroatoms. The van der Waals surface area contributed by atoms with Crippen LogP contribution in [0.5, 0.6) is 0 Å². The lowest BCUT2D eigenvalue weighted by Gasteiger charge is -2.17. The smallest absolute Gasteiger partial charge is 0.279 e. The molecular weight excluding hydrogens is 396 g/mol. The van der Waals surface area contributed by atoms with Crippen molar-refractivity contribution in [2.75, 3.05) is 4.72 Å². The van der Waals surface area contributed by atoms with Crippen molar-refractivity contribution in [3.8, 4) is 0 Å². The van der Waals surface area contributed by atoms with E-state index in [9.17, 15) is 34.8 Å². The standard InChI is InChI=1S/C14H8ClF6NO2S/c15-8-5-6-12(10(7-8)14(19,20)21)25(23,24)22-11-4-2-1-3-9(11)13(16,17)18/h1-7,22H. The maximum Gasteiger partial charge on any atom is 0.418 e. The SMILES string of the molecule is O=S(=O)(Nc1ccccc1C(F)(F)F)c1ccc(Cl)cc1C(F)(F)F. The van der Waals surface area contributed by atoms with Crippen molar-refractivity contribution in [1.29, 1.82) is 0 Å². The first-order chi connectivity index (χ1) is 11.3. The van der Waals surface area contributed by atoms with Crippen LogP contribution in [0.15, 0.2) is 47.4 Å². The summed E-state index contributed by atoms with van der Waals surface area (Å²) in [4.78, 5) is -1.23. The van der Waals surface area contributed by atoms with Gasteiger partial charge in [0.2, 0.25) is 0 Å². The summed E-state index contributed by atoms with van der Waals surface area (Å²) in [5, 5.41) is -0.373. The highest BCUT2D eigenvalue weighted by Gasteiger charge is 2.39. The molecular formula is C14H8ClF6NO2S. The minimum absolute atomic E-state index is 0.373. The molecule has 0 saturated carbocycles. The van der Waals surface area contributed by atoms with Gasteiger partial charge in [0, 0.05) is 5.02 Å². The topological polar surface area (TPSA) is 46.2 Å². The Morgan fingerprint density at radius 3 is 1.96 bits per heavy atom. The summed E-state index contributed by atoms with van der Waals surface area (Å²) in [6.07, 6.45) is -9.97. The summed E-state index contributed by atoms with van der Waals surface area (Å²) < 4.78 is 104. The van der Waals surface area contributed by atoms with Gasteiger partial charge in [0.1, 0.15) is 0 Å². The predicted molar refractivity (Wildman–Crippen MR) is 78.7 cm³/mol. The molecule has 0 aliphatic rings. The van der Waals surface area contributed by atoms with Crippen molar-refractivity contribution in [1.82, 2.24) is 0 Å². The Morgan fingerprint density at radius 1 is 0.840 bits per heavy atom. The number of nitrogens with one attached hydrogen (secondary N) is 1. The number of sulfonamides is 1. The zero-order chi connectivity index (χ0) is 19.0. The van der Waals surface area contributed by atoms with Crippen molar-refractivity contribution in [2.24, 2.45) is 0 Å². The van der Waals surface area contributed by atoms with Crippen LogP contribution in [0.2, 0.25) is 5.02 Å². The van der Waals surface area contributed by atoms with Crippen molar-refractivity contribution in [3.05, 3.63) is 58.6 Å². The number of alkyl halides is 6. The molecule has 2 aromatic carbocycles. The maximum absolute atomic E-state index is 13.0. The van der Waals surface area contributed by atoms with Crippen molar-refractivity contribution < 1.29 is 34.8 Å². The summed E-state index contributed by atoms with van der Waals surface area (Å²) in [6.45, 7) is 0. The lowest BCUT2D eigenvalue weighted by atomic mass is 10.2. The van der Waals surface area contributed by atoms with Gasteiger partial charge in [0.25, 0.3) is 10.0 Å². The summed E-state index contributed by atoms with van der Waals surface area (Å²) in [5.74, 6) is 0. The van der Waals surface area contributed by atoms with E-state index < -0.39 is 44.1 Å². The first kappa shape index (κ1) is 19.4. The van der Waals surface area contributed by atoms with Crippen molar-refractivity contribution >= 4 is 27.3 Å². The largest absolute Gasteiger partial charge is 0.418 e. The Hall–Kier alpha value is -1.94. The third-order valence-electron chi connectivity index (χ3n) is 3.01. The van der Waals surface area contributed by atoms with Crippen LogP contribution in [0.1, 0.15) is 11.1 Å². The van der Waals surface area contributed by atoms with E-state index in [1.165, 1.54) is 0 Å². The molecule has 0 bridgehead atoms. The molecule has 0 atom stereocenters. The molecule has 0 radical (unpaired) electrons. The highest BCUT2D eigenvalue weighted by molar-refractivity contribution is 7.92. The zero-order valence-corrected chi connectivity index (χ0v) is 13.5. The summed E-state index contributed by atoms with van der Waals surface area (Å²) in [5.41, 5.74) is -3.81. The Morgan fingerprint density at radius 2 is 1.40 bits per heavy atom. The number of rotatable bonds is 3. The van der Waals surface area contributed by atoms with Gasteiger partial charge in [0.05, 0.1) is 21.7 Å². The fraction of sp³-hybridized carbons (Fsp3) is 0.143. The Kier molecular flexibility index (Phi) is 4.97. The first-order valence-electron chi connectivity index (χ1n) is 6.38. The van der Waals surface area contributed by atoms with Gasteiger partial charge in [-0.05, 0) is 30.3 Å². The Bertz CT molecular complexity index is 893. The van der Waals surface area contributed by atoms with Gasteiger partial charge in [-0.15, -0.1) is 0 Å². The van der Waals surface area contributed by atoms with E-state index in [-0.39, 0.29) is 5.02 Å². The molecule has 0 saturated heterocycles. The van der Waals surface area contributed by atoms with Gasteiger partial charge in [-0.2, -0.15) is 26.3 Å².